The van der Waals surface area contributed by atoms with E-state index in [1.807, 2.05) is 6.92 Å². The van der Waals surface area contributed by atoms with Crippen molar-refractivity contribution in [3.63, 3.8) is 0 Å². The summed E-state index contributed by atoms with van der Waals surface area (Å²) in [6.07, 6.45) is -3.61. The number of anilines is 1. The van der Waals surface area contributed by atoms with Crippen LogP contribution in [0.3, 0.4) is 0 Å². The fourth-order valence-electron chi connectivity index (χ4n) is 1.25. The Morgan fingerprint density at radius 3 is 2.53 bits per heavy atom. The van der Waals surface area contributed by atoms with Gasteiger partial charge >= 0.3 is 6.18 Å². The van der Waals surface area contributed by atoms with Crippen molar-refractivity contribution < 1.29 is 13.2 Å². The summed E-state index contributed by atoms with van der Waals surface area (Å²) >= 11 is 5.77. The Bertz CT molecular complexity index is 413. The first-order valence-corrected chi connectivity index (χ1v) is 5.43. The maximum Gasteiger partial charge on any atom is 0.416 e. The highest BCUT2D eigenvalue weighted by atomic mass is 35.5. The van der Waals surface area contributed by atoms with Gasteiger partial charge in [-0.15, -0.1) is 6.58 Å². The lowest BCUT2D eigenvalue weighted by molar-refractivity contribution is -0.137. The van der Waals surface area contributed by atoms with Crippen molar-refractivity contribution in [3.8, 4) is 0 Å². The number of hydrogen-bond acceptors (Lipinski definition) is 1. The Morgan fingerprint density at radius 1 is 1.41 bits per heavy atom. The molecule has 0 radical (unpaired) electrons. The van der Waals surface area contributed by atoms with Crippen molar-refractivity contribution in [3.05, 3.63) is 40.9 Å². The van der Waals surface area contributed by atoms with Crippen LogP contribution in [0.5, 0.6) is 0 Å². The zero-order chi connectivity index (χ0) is 13.1. The Hall–Kier alpha value is -1.16. The molecule has 0 aliphatic heterocycles. The Labute approximate surface area is 103 Å². The molecule has 0 aliphatic rings. The van der Waals surface area contributed by atoms with Crippen molar-refractivity contribution in [1.82, 2.24) is 0 Å². The quantitative estimate of drug-likeness (QED) is 0.774. The fraction of sp³-hybridized carbons (Fsp3) is 0.333. The lowest BCUT2D eigenvalue weighted by Gasteiger charge is -2.11. The van der Waals surface area contributed by atoms with Crippen LogP contribution in [0, 0.1) is 0 Å². The minimum Gasteiger partial charge on any atom is -0.384 e. The zero-order valence-corrected chi connectivity index (χ0v) is 10.1. The lowest BCUT2D eigenvalue weighted by Crippen LogP contribution is -2.06. The maximum atomic E-state index is 12.4. The molecule has 1 aromatic carbocycles. The van der Waals surface area contributed by atoms with E-state index < -0.39 is 11.7 Å². The van der Waals surface area contributed by atoms with Gasteiger partial charge in [-0.1, -0.05) is 17.2 Å². The second-order valence-electron chi connectivity index (χ2n) is 3.83. The minimum absolute atomic E-state index is 0.0709. The van der Waals surface area contributed by atoms with Gasteiger partial charge in [0.25, 0.3) is 0 Å². The summed E-state index contributed by atoms with van der Waals surface area (Å²) in [5, 5.41) is 3.03. The molecule has 94 valence electrons. The van der Waals surface area contributed by atoms with E-state index in [-0.39, 0.29) is 5.02 Å². The van der Waals surface area contributed by atoms with Crippen LogP contribution in [0.1, 0.15) is 18.9 Å². The average Bonchev–Trinajstić information content (AvgIpc) is 2.18. The van der Waals surface area contributed by atoms with Gasteiger partial charge in [-0.05, 0) is 31.5 Å². The molecule has 0 atom stereocenters. The van der Waals surface area contributed by atoms with E-state index in [1.165, 1.54) is 6.07 Å². The molecule has 0 heterocycles. The van der Waals surface area contributed by atoms with Crippen LogP contribution in [-0.2, 0) is 6.18 Å². The van der Waals surface area contributed by atoms with Gasteiger partial charge in [-0.3, -0.25) is 0 Å². The first kappa shape index (κ1) is 13.9. The molecular weight excluding hydrogens is 251 g/mol. The minimum atomic E-state index is -4.36. The molecule has 1 N–H and O–H groups in total. The zero-order valence-electron chi connectivity index (χ0n) is 9.37. The third kappa shape index (κ3) is 4.30. The van der Waals surface area contributed by atoms with Crippen molar-refractivity contribution >= 4 is 17.3 Å². The van der Waals surface area contributed by atoms with Crippen LogP contribution in [-0.4, -0.2) is 6.54 Å². The highest BCUT2D eigenvalue weighted by Crippen LogP contribution is 2.33. The monoisotopic (exact) mass is 263 g/mol. The third-order valence-corrected chi connectivity index (χ3v) is 2.48. The van der Waals surface area contributed by atoms with Crippen LogP contribution in [0.25, 0.3) is 0 Å². The van der Waals surface area contributed by atoms with Gasteiger partial charge in [0.2, 0.25) is 0 Å². The van der Waals surface area contributed by atoms with Crippen LogP contribution < -0.4 is 5.32 Å². The van der Waals surface area contributed by atoms with Gasteiger partial charge in [0.1, 0.15) is 0 Å². The van der Waals surface area contributed by atoms with E-state index in [9.17, 15) is 13.2 Å². The topological polar surface area (TPSA) is 12.0 Å². The van der Waals surface area contributed by atoms with Crippen molar-refractivity contribution in [2.24, 2.45) is 0 Å². The molecule has 1 rings (SSSR count). The molecule has 0 spiro atoms. The predicted octanol–water partition coefficient (Wildman–Crippen LogP) is 4.74. The molecule has 1 aromatic rings. The molecule has 0 saturated carbocycles. The fourth-order valence-corrected chi connectivity index (χ4v) is 1.49. The number of alkyl halides is 3. The number of nitrogens with one attached hydrogen (secondary N) is 1. The summed E-state index contributed by atoms with van der Waals surface area (Å²) in [5.74, 6) is 0. The van der Waals surface area contributed by atoms with Gasteiger partial charge in [0, 0.05) is 6.54 Å². The Balaban J connectivity index is 2.73. The van der Waals surface area contributed by atoms with Gasteiger partial charge < -0.3 is 5.32 Å². The number of hydrogen-bond donors (Lipinski definition) is 1. The smallest absolute Gasteiger partial charge is 0.384 e. The largest absolute Gasteiger partial charge is 0.416 e. The van der Waals surface area contributed by atoms with Crippen molar-refractivity contribution in [2.45, 2.75) is 19.5 Å². The van der Waals surface area contributed by atoms with Crippen LogP contribution in [0.2, 0.25) is 5.02 Å². The maximum absolute atomic E-state index is 12.4. The second kappa shape index (κ2) is 5.45. The summed E-state index contributed by atoms with van der Waals surface area (Å²) in [5.41, 5.74) is 0.759. The van der Waals surface area contributed by atoms with Crippen molar-refractivity contribution in [1.29, 1.82) is 0 Å². The van der Waals surface area contributed by atoms with Crippen molar-refractivity contribution in [2.75, 3.05) is 11.9 Å². The van der Waals surface area contributed by atoms with Crippen LogP contribution in [0.15, 0.2) is 30.4 Å². The molecular formula is C12H13ClF3N. The van der Waals surface area contributed by atoms with Gasteiger partial charge in [-0.25, -0.2) is 0 Å². The second-order valence-corrected chi connectivity index (χ2v) is 4.23. The molecule has 1 nitrogen and oxygen atoms in total. The van der Waals surface area contributed by atoms with Gasteiger partial charge in [0.15, 0.2) is 0 Å². The highest BCUT2D eigenvalue weighted by molar-refractivity contribution is 6.33. The molecule has 0 amide bonds. The Morgan fingerprint density at radius 2 is 2.06 bits per heavy atom. The molecule has 5 heteroatoms. The first-order chi connectivity index (χ1) is 7.80. The lowest BCUT2D eigenvalue weighted by atomic mass is 10.2. The highest BCUT2D eigenvalue weighted by Gasteiger charge is 2.30. The van der Waals surface area contributed by atoms with Gasteiger partial charge in [0.05, 0.1) is 16.3 Å². The molecule has 0 aromatic heterocycles. The van der Waals surface area contributed by atoms with Gasteiger partial charge in [-0.2, -0.15) is 13.2 Å². The number of halogens is 4. The average molecular weight is 264 g/mol. The summed E-state index contributed by atoms with van der Waals surface area (Å²) in [4.78, 5) is 0. The van der Waals surface area contributed by atoms with E-state index in [0.29, 0.717) is 12.2 Å². The standard InChI is InChI=1S/C12H13ClF3N/c1-8(2)5-6-17-11-4-3-9(7-10(11)13)12(14,15)16/h3-4,7,17H,1,5-6H2,2H3. The Kier molecular flexibility index (Phi) is 4.46. The summed E-state index contributed by atoms with van der Waals surface area (Å²) in [6, 6.07) is 3.27. The SMILES string of the molecule is C=C(C)CCNc1ccc(C(F)(F)F)cc1Cl. The van der Waals surface area contributed by atoms with Crippen LogP contribution in [0.4, 0.5) is 18.9 Å². The molecule has 0 bridgehead atoms. The number of benzene rings is 1. The van der Waals surface area contributed by atoms with E-state index in [4.69, 9.17) is 11.6 Å². The van der Waals surface area contributed by atoms with E-state index in [1.54, 1.807) is 0 Å². The predicted molar refractivity (Wildman–Crippen MR) is 64.4 cm³/mol. The molecule has 0 fully saturated rings. The summed E-state index contributed by atoms with van der Waals surface area (Å²) < 4.78 is 37.1. The van der Waals surface area contributed by atoms with E-state index >= 15 is 0 Å². The first-order valence-electron chi connectivity index (χ1n) is 5.05. The molecule has 0 aliphatic carbocycles. The summed E-state index contributed by atoms with van der Waals surface area (Å²) in [7, 11) is 0. The summed E-state index contributed by atoms with van der Waals surface area (Å²) in [6.45, 7) is 6.22. The molecule has 17 heavy (non-hydrogen) atoms. The number of rotatable bonds is 4. The molecule has 0 saturated heterocycles. The van der Waals surface area contributed by atoms with E-state index in [2.05, 4.69) is 11.9 Å². The third-order valence-electron chi connectivity index (χ3n) is 2.16. The van der Waals surface area contributed by atoms with Crippen LogP contribution >= 0.6 is 11.6 Å². The molecule has 0 unspecified atom stereocenters. The van der Waals surface area contributed by atoms with E-state index in [0.717, 1.165) is 24.1 Å². The normalized spacial score (nSPS) is 11.4.